The van der Waals surface area contributed by atoms with Gasteiger partial charge in [0.2, 0.25) is 5.91 Å². The van der Waals surface area contributed by atoms with Crippen molar-refractivity contribution >= 4 is 21.4 Å². The molecule has 30 heavy (non-hydrogen) atoms. The van der Waals surface area contributed by atoms with Gasteiger partial charge in [0.15, 0.2) is 9.84 Å². The van der Waals surface area contributed by atoms with E-state index in [0.29, 0.717) is 24.7 Å². The first-order valence-electron chi connectivity index (χ1n) is 10.3. The summed E-state index contributed by atoms with van der Waals surface area (Å²) in [6, 6.07) is 14.2. The summed E-state index contributed by atoms with van der Waals surface area (Å²) in [7, 11) is -3.57. The molecule has 6 nitrogen and oxygen atoms in total. The van der Waals surface area contributed by atoms with E-state index in [1.165, 1.54) is 5.56 Å². The predicted molar refractivity (Wildman–Crippen MR) is 117 cm³/mol. The predicted octanol–water partition coefficient (Wildman–Crippen LogP) is 3.04. The van der Waals surface area contributed by atoms with Crippen LogP contribution in [-0.4, -0.2) is 47.5 Å². The number of imidazole rings is 1. The van der Waals surface area contributed by atoms with Crippen LogP contribution in [0.1, 0.15) is 29.7 Å². The number of carbonyl (C=O) groups is 1. The van der Waals surface area contributed by atoms with Gasteiger partial charge in [0, 0.05) is 25.5 Å². The van der Waals surface area contributed by atoms with E-state index < -0.39 is 15.6 Å². The van der Waals surface area contributed by atoms with E-state index in [-0.39, 0.29) is 11.7 Å². The van der Waals surface area contributed by atoms with Crippen LogP contribution in [-0.2, 0) is 26.8 Å². The van der Waals surface area contributed by atoms with Crippen molar-refractivity contribution in [3.63, 3.8) is 0 Å². The van der Waals surface area contributed by atoms with E-state index in [2.05, 4.69) is 17.1 Å². The number of likely N-dealkylation sites (tertiary alicyclic amines) is 1. The number of hydrogen-bond acceptors (Lipinski definition) is 4. The van der Waals surface area contributed by atoms with Crippen LogP contribution in [0, 0.1) is 12.8 Å². The summed E-state index contributed by atoms with van der Waals surface area (Å²) in [5.41, 5.74) is 3.51. The zero-order chi connectivity index (χ0) is 21.1. The van der Waals surface area contributed by atoms with Gasteiger partial charge in [-0.05, 0) is 49.3 Å². The van der Waals surface area contributed by atoms with Gasteiger partial charge in [-0.3, -0.25) is 4.79 Å². The van der Waals surface area contributed by atoms with Crippen LogP contribution in [0.3, 0.4) is 0 Å². The molecule has 1 aromatic carbocycles. The number of carbonyl (C=O) groups excluding carboxylic acids is 1. The molecule has 1 amide bonds. The van der Waals surface area contributed by atoms with Crippen molar-refractivity contribution in [3.05, 3.63) is 71.7 Å². The highest BCUT2D eigenvalue weighted by molar-refractivity contribution is 7.91. The number of benzene rings is 1. The number of rotatable bonds is 6. The van der Waals surface area contributed by atoms with Crippen LogP contribution < -0.4 is 0 Å². The molecule has 0 radical (unpaired) electrons. The van der Waals surface area contributed by atoms with Crippen LogP contribution in [0.4, 0.5) is 0 Å². The maximum absolute atomic E-state index is 12.6. The molecule has 0 bridgehead atoms. The number of hydrogen-bond donors (Lipinski definition) is 0. The SMILES string of the molecule is Cc1cccn2cc(CS(=O)(=O)CC(=O)N3CCC(Cc4ccccc4)CC3)nc12. The number of pyridine rings is 1. The van der Waals surface area contributed by atoms with Crippen molar-refractivity contribution in [2.45, 2.75) is 31.9 Å². The zero-order valence-electron chi connectivity index (χ0n) is 17.2. The molecular weight excluding hydrogens is 398 g/mol. The molecule has 4 rings (SSSR count). The fourth-order valence-corrected chi connectivity index (χ4v) is 5.41. The first kappa shape index (κ1) is 20.6. The first-order valence-corrected chi connectivity index (χ1v) is 12.2. The minimum atomic E-state index is -3.57. The summed E-state index contributed by atoms with van der Waals surface area (Å²) in [6.07, 6.45) is 6.39. The maximum atomic E-state index is 12.6. The summed E-state index contributed by atoms with van der Waals surface area (Å²) in [6.45, 7) is 3.18. The Balaban J connectivity index is 1.32. The Morgan fingerprint density at radius 3 is 2.53 bits per heavy atom. The minimum absolute atomic E-state index is 0.218. The lowest BCUT2D eigenvalue weighted by atomic mass is 9.90. The fraction of sp³-hybridized carbons (Fsp3) is 0.391. The number of nitrogens with zero attached hydrogens (tertiary/aromatic N) is 3. The number of amides is 1. The second-order valence-electron chi connectivity index (χ2n) is 8.20. The van der Waals surface area contributed by atoms with Gasteiger partial charge in [0.25, 0.3) is 0 Å². The zero-order valence-corrected chi connectivity index (χ0v) is 18.0. The molecule has 1 fully saturated rings. The lowest BCUT2D eigenvalue weighted by Crippen LogP contribution is -2.41. The summed E-state index contributed by atoms with van der Waals surface area (Å²) in [5.74, 6) is -0.435. The standard InChI is InChI=1S/C23H27N3O3S/c1-18-6-5-11-26-15-21(24-23(18)26)16-30(28,29)17-22(27)25-12-9-20(10-13-25)14-19-7-3-2-4-8-19/h2-8,11,15,20H,9-10,12-14,16-17H2,1H3. The summed E-state index contributed by atoms with van der Waals surface area (Å²) >= 11 is 0. The van der Waals surface area contributed by atoms with Gasteiger partial charge in [-0.25, -0.2) is 13.4 Å². The molecule has 2 aromatic heterocycles. The minimum Gasteiger partial charge on any atom is -0.342 e. The van der Waals surface area contributed by atoms with Crippen LogP contribution in [0.5, 0.6) is 0 Å². The second kappa shape index (κ2) is 8.60. The van der Waals surface area contributed by atoms with Gasteiger partial charge < -0.3 is 9.30 Å². The summed E-state index contributed by atoms with van der Waals surface area (Å²) in [4.78, 5) is 18.7. The number of aryl methyl sites for hydroxylation is 1. The lowest BCUT2D eigenvalue weighted by molar-refractivity contribution is -0.129. The first-order chi connectivity index (χ1) is 14.4. The number of piperidine rings is 1. The van der Waals surface area contributed by atoms with E-state index in [1.54, 1.807) is 11.1 Å². The van der Waals surface area contributed by atoms with Gasteiger partial charge in [0.1, 0.15) is 11.4 Å². The molecule has 1 aliphatic heterocycles. The molecule has 158 valence electrons. The lowest BCUT2D eigenvalue weighted by Gasteiger charge is -2.32. The normalized spacial score (nSPS) is 15.6. The average Bonchev–Trinajstić information content (AvgIpc) is 3.12. The van der Waals surface area contributed by atoms with E-state index in [4.69, 9.17) is 0 Å². The van der Waals surface area contributed by atoms with E-state index in [1.807, 2.05) is 47.9 Å². The molecule has 0 aliphatic carbocycles. The van der Waals surface area contributed by atoms with Crippen LogP contribution >= 0.6 is 0 Å². The Hall–Kier alpha value is -2.67. The summed E-state index contributed by atoms with van der Waals surface area (Å²) < 4.78 is 27.1. The Morgan fingerprint density at radius 2 is 1.83 bits per heavy atom. The van der Waals surface area contributed by atoms with E-state index in [0.717, 1.165) is 30.5 Å². The van der Waals surface area contributed by atoms with Crippen molar-refractivity contribution in [1.29, 1.82) is 0 Å². The van der Waals surface area contributed by atoms with Crippen LogP contribution in [0.2, 0.25) is 0 Å². The molecule has 0 spiro atoms. The quantitative estimate of drug-likeness (QED) is 0.609. The molecule has 0 unspecified atom stereocenters. The molecule has 0 N–H and O–H groups in total. The fourth-order valence-electron chi connectivity index (χ4n) is 4.16. The third kappa shape index (κ3) is 4.90. The number of sulfone groups is 1. The van der Waals surface area contributed by atoms with E-state index in [9.17, 15) is 13.2 Å². The Morgan fingerprint density at radius 1 is 1.10 bits per heavy atom. The monoisotopic (exact) mass is 425 g/mol. The molecular formula is C23H27N3O3S. The Bertz CT molecular complexity index is 1130. The number of aromatic nitrogens is 2. The highest BCUT2D eigenvalue weighted by atomic mass is 32.2. The van der Waals surface area contributed by atoms with Crippen LogP contribution in [0.15, 0.2) is 54.9 Å². The van der Waals surface area contributed by atoms with Crippen molar-refractivity contribution in [2.75, 3.05) is 18.8 Å². The third-order valence-corrected chi connectivity index (χ3v) is 7.20. The van der Waals surface area contributed by atoms with Crippen LogP contribution in [0.25, 0.3) is 5.65 Å². The van der Waals surface area contributed by atoms with E-state index >= 15 is 0 Å². The van der Waals surface area contributed by atoms with Gasteiger partial charge in [-0.1, -0.05) is 36.4 Å². The highest BCUT2D eigenvalue weighted by Gasteiger charge is 2.27. The Labute approximate surface area is 177 Å². The van der Waals surface area contributed by atoms with Crippen molar-refractivity contribution in [2.24, 2.45) is 5.92 Å². The van der Waals surface area contributed by atoms with Crippen molar-refractivity contribution in [1.82, 2.24) is 14.3 Å². The topological polar surface area (TPSA) is 71.8 Å². The molecule has 7 heteroatoms. The van der Waals surface area contributed by atoms with Gasteiger partial charge in [-0.2, -0.15) is 0 Å². The largest absolute Gasteiger partial charge is 0.342 e. The molecule has 3 aromatic rings. The smallest absolute Gasteiger partial charge is 0.237 e. The molecule has 1 saturated heterocycles. The van der Waals surface area contributed by atoms with Crippen molar-refractivity contribution in [3.8, 4) is 0 Å². The second-order valence-corrected chi connectivity index (χ2v) is 10.3. The molecule has 3 heterocycles. The molecule has 1 aliphatic rings. The summed E-state index contributed by atoms with van der Waals surface area (Å²) in [5, 5.41) is 0. The maximum Gasteiger partial charge on any atom is 0.237 e. The van der Waals surface area contributed by atoms with Gasteiger partial charge in [0.05, 0.1) is 11.4 Å². The molecule has 0 saturated carbocycles. The van der Waals surface area contributed by atoms with Crippen molar-refractivity contribution < 1.29 is 13.2 Å². The van der Waals surface area contributed by atoms with Gasteiger partial charge in [-0.15, -0.1) is 0 Å². The Kier molecular flexibility index (Phi) is 5.90. The molecule has 0 atom stereocenters. The number of fused-ring (bicyclic) bond motifs is 1. The third-order valence-electron chi connectivity index (χ3n) is 5.77. The highest BCUT2D eigenvalue weighted by Crippen LogP contribution is 2.22. The average molecular weight is 426 g/mol. The van der Waals surface area contributed by atoms with Gasteiger partial charge >= 0.3 is 0 Å².